The topological polar surface area (TPSA) is 93.7 Å². The van der Waals surface area contributed by atoms with Crippen molar-refractivity contribution in [1.29, 1.82) is 0 Å². The Morgan fingerprint density at radius 2 is 1.39 bits per heavy atom. The molecule has 2 N–H and O–H groups in total. The number of carbonyl (C=O) groups is 3. The summed E-state index contributed by atoms with van der Waals surface area (Å²) in [6, 6.07) is 0. The minimum absolute atomic E-state index is 0.0179. The summed E-state index contributed by atoms with van der Waals surface area (Å²) in [5.41, 5.74) is 0. The summed E-state index contributed by atoms with van der Waals surface area (Å²) in [4.78, 5) is 34.6. The summed E-state index contributed by atoms with van der Waals surface area (Å²) in [5, 5.41) is 5.48. The van der Waals surface area contributed by atoms with Crippen LogP contribution in [-0.4, -0.2) is 57.1 Å². The Hall–Kier alpha value is -1.73. The van der Waals surface area contributed by atoms with E-state index in [1.54, 1.807) is 6.08 Å². The first-order valence-electron chi connectivity index (χ1n) is 8.07. The second-order valence-electron chi connectivity index (χ2n) is 5.19. The zero-order chi connectivity index (χ0) is 16.8. The van der Waals surface area contributed by atoms with Gasteiger partial charge in [-0.2, -0.15) is 0 Å². The van der Waals surface area contributed by atoms with Crippen LogP contribution in [0, 0.1) is 0 Å². The van der Waals surface area contributed by atoms with Gasteiger partial charge in [-0.1, -0.05) is 6.08 Å². The molecule has 7 nitrogen and oxygen atoms in total. The second-order valence-corrected chi connectivity index (χ2v) is 5.19. The number of amides is 2. The predicted molar refractivity (Wildman–Crippen MR) is 84.9 cm³/mol. The number of carbonyl (C=O) groups excluding carboxylic acids is 3. The molecule has 0 aliphatic carbocycles. The molecule has 1 heterocycles. The van der Waals surface area contributed by atoms with Gasteiger partial charge >= 0.3 is 0 Å². The van der Waals surface area contributed by atoms with Crippen molar-refractivity contribution in [2.24, 2.45) is 0 Å². The highest BCUT2D eigenvalue weighted by molar-refractivity contribution is 5.92. The van der Waals surface area contributed by atoms with Crippen LogP contribution in [0.4, 0.5) is 0 Å². The van der Waals surface area contributed by atoms with Crippen LogP contribution < -0.4 is 10.6 Å². The molecule has 0 aromatic rings. The van der Waals surface area contributed by atoms with Gasteiger partial charge in [0.25, 0.3) is 0 Å². The minimum atomic E-state index is -0.155. The number of hydrogen-bond donors (Lipinski definition) is 2. The lowest BCUT2D eigenvalue weighted by molar-refractivity contribution is -0.124. The summed E-state index contributed by atoms with van der Waals surface area (Å²) >= 11 is 0. The Kier molecular flexibility index (Phi) is 10.7. The molecule has 0 saturated heterocycles. The highest BCUT2D eigenvalue weighted by Crippen LogP contribution is 1.99. The van der Waals surface area contributed by atoms with Gasteiger partial charge in [0.15, 0.2) is 5.78 Å². The van der Waals surface area contributed by atoms with E-state index in [1.165, 1.54) is 6.08 Å². The van der Waals surface area contributed by atoms with Crippen LogP contribution in [0.15, 0.2) is 12.2 Å². The van der Waals surface area contributed by atoms with Crippen molar-refractivity contribution in [2.45, 2.75) is 32.1 Å². The van der Waals surface area contributed by atoms with E-state index in [4.69, 9.17) is 9.47 Å². The molecule has 0 fully saturated rings. The van der Waals surface area contributed by atoms with Crippen molar-refractivity contribution in [2.75, 3.05) is 39.5 Å². The Morgan fingerprint density at radius 1 is 0.783 bits per heavy atom. The highest BCUT2D eigenvalue weighted by Gasteiger charge is 2.05. The lowest BCUT2D eigenvalue weighted by atomic mass is 10.1. The maximum atomic E-state index is 11.6. The van der Waals surface area contributed by atoms with Crippen molar-refractivity contribution >= 4 is 17.6 Å². The normalized spacial score (nSPS) is 21.3. The molecule has 0 atom stereocenters. The predicted octanol–water partition coefficient (Wildman–Crippen LogP) is 0.341. The molecule has 0 saturated carbocycles. The molecule has 0 unspecified atom stereocenters. The lowest BCUT2D eigenvalue weighted by Crippen LogP contribution is -2.28. The number of hydrogen-bond acceptors (Lipinski definition) is 5. The molecule has 0 aromatic carbocycles. The number of ether oxygens (including phenoxy) is 2. The zero-order valence-electron chi connectivity index (χ0n) is 13.5. The second kappa shape index (κ2) is 12.8. The van der Waals surface area contributed by atoms with Gasteiger partial charge in [0.1, 0.15) is 0 Å². The van der Waals surface area contributed by atoms with Gasteiger partial charge in [-0.25, -0.2) is 0 Å². The van der Waals surface area contributed by atoms with E-state index in [2.05, 4.69) is 10.6 Å². The maximum Gasteiger partial charge on any atom is 0.220 e. The average molecular weight is 326 g/mol. The fourth-order valence-electron chi connectivity index (χ4n) is 1.94. The van der Waals surface area contributed by atoms with E-state index in [9.17, 15) is 14.4 Å². The van der Waals surface area contributed by atoms with Crippen LogP contribution in [0.1, 0.15) is 32.1 Å². The molecule has 0 radical (unpaired) electrons. The summed E-state index contributed by atoms with van der Waals surface area (Å²) in [5.74, 6) is -0.249. The summed E-state index contributed by atoms with van der Waals surface area (Å²) in [7, 11) is 0. The molecule has 1 aliphatic rings. The first-order valence-corrected chi connectivity index (χ1v) is 8.07. The number of nitrogens with one attached hydrogen (secondary N) is 2. The Bertz CT molecular complexity index is 409. The van der Waals surface area contributed by atoms with Crippen LogP contribution in [0.2, 0.25) is 0 Å². The first-order chi connectivity index (χ1) is 11.2. The first kappa shape index (κ1) is 19.3. The molecule has 1 aliphatic heterocycles. The molecule has 1 rings (SSSR count). The quantitative estimate of drug-likeness (QED) is 0.669. The summed E-state index contributed by atoms with van der Waals surface area (Å²) < 4.78 is 10.6. The van der Waals surface area contributed by atoms with E-state index in [1.807, 2.05) is 0 Å². The van der Waals surface area contributed by atoms with Gasteiger partial charge in [0, 0.05) is 32.4 Å². The van der Waals surface area contributed by atoms with E-state index in [-0.39, 0.29) is 30.4 Å². The van der Waals surface area contributed by atoms with Crippen molar-refractivity contribution < 1.29 is 23.9 Å². The standard InChI is InChI=1S/C16H26N2O5/c19-14-4-2-1-3-5-15(20)17-8-10-22-12-13-23-11-9-18-16(21)7-6-14/h2,4H,1,3,5-13H2,(H,17,20)(H,18,21). The Labute approximate surface area is 136 Å². The molecule has 0 bridgehead atoms. The van der Waals surface area contributed by atoms with Crippen LogP contribution >= 0.6 is 0 Å². The summed E-state index contributed by atoms with van der Waals surface area (Å²) in [6.07, 6.45) is 5.38. The highest BCUT2D eigenvalue weighted by atomic mass is 16.5. The molecule has 130 valence electrons. The van der Waals surface area contributed by atoms with Gasteiger partial charge in [-0.15, -0.1) is 0 Å². The van der Waals surface area contributed by atoms with Crippen molar-refractivity contribution in [3.8, 4) is 0 Å². The largest absolute Gasteiger partial charge is 0.377 e. The van der Waals surface area contributed by atoms with Gasteiger partial charge in [-0.05, 0) is 18.9 Å². The van der Waals surface area contributed by atoms with Gasteiger partial charge < -0.3 is 20.1 Å². The van der Waals surface area contributed by atoms with E-state index in [0.29, 0.717) is 58.8 Å². The molecule has 7 heteroatoms. The average Bonchev–Trinajstić information content (AvgIpc) is 2.53. The fraction of sp³-hybridized carbons (Fsp3) is 0.688. The van der Waals surface area contributed by atoms with Crippen molar-refractivity contribution in [1.82, 2.24) is 10.6 Å². The fourth-order valence-corrected chi connectivity index (χ4v) is 1.94. The van der Waals surface area contributed by atoms with Gasteiger partial charge in [0.2, 0.25) is 11.8 Å². The smallest absolute Gasteiger partial charge is 0.220 e. The van der Waals surface area contributed by atoms with Crippen LogP contribution in [0.25, 0.3) is 0 Å². The third-order valence-electron chi connectivity index (χ3n) is 3.19. The van der Waals surface area contributed by atoms with Crippen molar-refractivity contribution in [3.63, 3.8) is 0 Å². The summed E-state index contributed by atoms with van der Waals surface area (Å²) in [6.45, 7) is 2.62. The third-order valence-corrected chi connectivity index (χ3v) is 3.19. The molecular weight excluding hydrogens is 300 g/mol. The molecule has 0 spiro atoms. The zero-order valence-corrected chi connectivity index (χ0v) is 13.5. The number of allylic oxidation sites excluding steroid dienone is 2. The molecule has 0 aromatic heterocycles. The van der Waals surface area contributed by atoms with Crippen LogP contribution in [-0.2, 0) is 23.9 Å². The Balaban J connectivity index is 2.34. The van der Waals surface area contributed by atoms with Crippen molar-refractivity contribution in [3.05, 3.63) is 12.2 Å². The van der Waals surface area contributed by atoms with Crippen LogP contribution in [0.5, 0.6) is 0 Å². The SMILES string of the molecule is O=C1C=CCCCC(=O)NCCOCCOCCNC(=O)CC1. The Morgan fingerprint density at radius 3 is 2.04 bits per heavy atom. The van der Waals surface area contributed by atoms with E-state index >= 15 is 0 Å². The number of ketones is 1. The monoisotopic (exact) mass is 326 g/mol. The molecular formula is C16H26N2O5. The van der Waals surface area contributed by atoms with Crippen LogP contribution in [0.3, 0.4) is 0 Å². The van der Waals surface area contributed by atoms with Gasteiger partial charge in [-0.3, -0.25) is 14.4 Å². The minimum Gasteiger partial charge on any atom is -0.377 e. The maximum absolute atomic E-state index is 11.6. The van der Waals surface area contributed by atoms with E-state index < -0.39 is 0 Å². The molecule has 23 heavy (non-hydrogen) atoms. The molecule has 2 amide bonds. The van der Waals surface area contributed by atoms with E-state index in [0.717, 1.165) is 0 Å². The lowest BCUT2D eigenvalue weighted by Gasteiger charge is -2.08. The van der Waals surface area contributed by atoms with Gasteiger partial charge in [0.05, 0.1) is 26.4 Å². The number of rotatable bonds is 0. The third kappa shape index (κ3) is 11.5.